The second-order valence-electron chi connectivity index (χ2n) is 6.49. The molecule has 0 aliphatic rings. The minimum Gasteiger partial charge on any atom is -0.475 e. The summed E-state index contributed by atoms with van der Waals surface area (Å²) >= 11 is 0. The predicted molar refractivity (Wildman–Crippen MR) is 98.7 cm³/mol. The summed E-state index contributed by atoms with van der Waals surface area (Å²) in [7, 11) is 0. The fraction of sp³-hybridized carbons (Fsp3) is 0.389. The zero-order valence-electron chi connectivity index (χ0n) is 16.4. The lowest BCUT2D eigenvalue weighted by atomic mass is 10.2. The number of nitrogens with zero attached hydrogens (tertiary/aromatic N) is 5. The number of carboxylic acids is 1. The highest BCUT2D eigenvalue weighted by atomic mass is 19.4. The molecule has 30 heavy (non-hydrogen) atoms. The minimum absolute atomic E-state index is 0.0425. The van der Waals surface area contributed by atoms with Gasteiger partial charge in [0.15, 0.2) is 5.82 Å². The summed E-state index contributed by atoms with van der Waals surface area (Å²) < 4.78 is 40.7. The number of imidazole rings is 1. The van der Waals surface area contributed by atoms with Crippen molar-refractivity contribution >= 4 is 5.97 Å². The van der Waals surface area contributed by atoms with E-state index in [1.807, 2.05) is 31.5 Å². The van der Waals surface area contributed by atoms with Gasteiger partial charge in [0, 0.05) is 43.7 Å². The van der Waals surface area contributed by atoms with Crippen LogP contribution < -0.4 is 5.56 Å². The van der Waals surface area contributed by atoms with Gasteiger partial charge in [0.1, 0.15) is 5.82 Å². The Bertz CT molecular complexity index is 1050. The number of aliphatic carboxylic acids is 1. The Morgan fingerprint density at radius 1 is 1.30 bits per heavy atom. The van der Waals surface area contributed by atoms with E-state index in [2.05, 4.69) is 15.1 Å². The van der Waals surface area contributed by atoms with Crippen LogP contribution in [0.15, 0.2) is 40.0 Å². The first kappa shape index (κ1) is 22.8. The molecule has 0 spiro atoms. The summed E-state index contributed by atoms with van der Waals surface area (Å²) in [6.45, 7) is 6.61. The first-order chi connectivity index (χ1) is 14.0. The molecule has 0 radical (unpaired) electrons. The number of alkyl halides is 3. The third-order valence-corrected chi connectivity index (χ3v) is 3.95. The predicted octanol–water partition coefficient (Wildman–Crippen LogP) is 2.86. The number of aryl methyl sites for hydroxylation is 3. The number of rotatable bonds is 5. The molecule has 0 saturated carbocycles. The molecule has 0 saturated heterocycles. The molecule has 0 aromatic carbocycles. The van der Waals surface area contributed by atoms with Gasteiger partial charge in [-0.3, -0.25) is 4.79 Å². The molecule has 0 atom stereocenters. The maximum absolute atomic E-state index is 11.8. The number of carbonyl (C=O) groups is 1. The second-order valence-corrected chi connectivity index (χ2v) is 6.49. The summed E-state index contributed by atoms with van der Waals surface area (Å²) in [6.07, 6.45) is 1.02. The third kappa shape index (κ3) is 6.03. The van der Waals surface area contributed by atoms with E-state index < -0.39 is 12.1 Å². The van der Waals surface area contributed by atoms with E-state index in [0.29, 0.717) is 18.1 Å². The quantitative estimate of drug-likeness (QED) is 0.666. The summed E-state index contributed by atoms with van der Waals surface area (Å²) in [4.78, 5) is 29.3. The van der Waals surface area contributed by atoms with E-state index in [0.717, 1.165) is 17.9 Å². The van der Waals surface area contributed by atoms with Crippen molar-refractivity contribution in [3.05, 3.63) is 52.7 Å². The summed E-state index contributed by atoms with van der Waals surface area (Å²) in [5.41, 5.74) is 0.704. The van der Waals surface area contributed by atoms with E-state index in [1.54, 1.807) is 23.0 Å². The van der Waals surface area contributed by atoms with Gasteiger partial charge in [-0.25, -0.2) is 9.78 Å². The monoisotopic (exact) mass is 427 g/mol. The van der Waals surface area contributed by atoms with Crippen molar-refractivity contribution in [3.8, 4) is 11.5 Å². The van der Waals surface area contributed by atoms with Crippen LogP contribution in [0.4, 0.5) is 13.2 Å². The van der Waals surface area contributed by atoms with Gasteiger partial charge >= 0.3 is 12.1 Å². The van der Waals surface area contributed by atoms with E-state index in [9.17, 15) is 18.0 Å². The van der Waals surface area contributed by atoms with Gasteiger partial charge in [0.25, 0.3) is 11.4 Å². The lowest BCUT2D eigenvalue weighted by molar-refractivity contribution is -0.192. The van der Waals surface area contributed by atoms with Crippen molar-refractivity contribution in [2.45, 2.75) is 46.0 Å². The smallest absolute Gasteiger partial charge is 0.475 e. The third-order valence-electron chi connectivity index (χ3n) is 3.95. The van der Waals surface area contributed by atoms with Gasteiger partial charge < -0.3 is 18.8 Å². The number of pyridine rings is 1. The maximum Gasteiger partial charge on any atom is 0.490 e. The molecule has 3 aromatic rings. The zero-order valence-corrected chi connectivity index (χ0v) is 16.4. The van der Waals surface area contributed by atoms with Gasteiger partial charge in [0.2, 0.25) is 0 Å². The lowest BCUT2D eigenvalue weighted by Gasteiger charge is -2.09. The molecule has 0 fully saturated rings. The molecule has 0 amide bonds. The van der Waals surface area contributed by atoms with E-state index >= 15 is 0 Å². The Balaban J connectivity index is 0.000000396. The molecule has 3 heterocycles. The molecular weight excluding hydrogens is 407 g/mol. The minimum atomic E-state index is -5.08. The Labute approximate surface area is 168 Å². The molecule has 9 nitrogen and oxygen atoms in total. The first-order valence-corrected chi connectivity index (χ1v) is 8.82. The van der Waals surface area contributed by atoms with Crippen LogP contribution in [0.3, 0.4) is 0 Å². The van der Waals surface area contributed by atoms with Crippen LogP contribution in [0.2, 0.25) is 0 Å². The summed E-state index contributed by atoms with van der Waals surface area (Å²) in [5, 5.41) is 11.1. The molecule has 162 valence electrons. The highest BCUT2D eigenvalue weighted by Crippen LogP contribution is 2.17. The fourth-order valence-electron chi connectivity index (χ4n) is 2.37. The number of hydrogen-bond donors (Lipinski definition) is 1. The molecular formula is C18H20F3N5O4. The highest BCUT2D eigenvalue weighted by Gasteiger charge is 2.38. The van der Waals surface area contributed by atoms with Gasteiger partial charge in [-0.2, -0.15) is 18.2 Å². The molecule has 0 aliphatic heterocycles. The largest absolute Gasteiger partial charge is 0.490 e. The molecule has 3 aromatic heterocycles. The van der Waals surface area contributed by atoms with Crippen molar-refractivity contribution in [1.82, 2.24) is 24.3 Å². The van der Waals surface area contributed by atoms with E-state index in [-0.39, 0.29) is 11.6 Å². The number of aromatic nitrogens is 5. The fourth-order valence-corrected chi connectivity index (χ4v) is 2.37. The van der Waals surface area contributed by atoms with Crippen LogP contribution in [0.1, 0.15) is 31.5 Å². The molecule has 0 aliphatic carbocycles. The van der Waals surface area contributed by atoms with E-state index in [4.69, 9.17) is 14.4 Å². The standard InChI is InChI=1S/C16H19N5O2.C2HF3O2/c1-11(2)21-10-13(4-5-15(21)22)16-18-14(19-23-16)6-8-20-9-7-17-12(20)3;3-2(4,5)1(6)7/h4-5,7,9-11H,6,8H2,1-3H3;(H,6,7). The Kier molecular flexibility index (Phi) is 7.14. The highest BCUT2D eigenvalue weighted by molar-refractivity contribution is 5.73. The maximum atomic E-state index is 11.8. The first-order valence-electron chi connectivity index (χ1n) is 8.82. The van der Waals surface area contributed by atoms with Crippen LogP contribution in [-0.2, 0) is 17.8 Å². The average Bonchev–Trinajstić information content (AvgIpc) is 3.29. The van der Waals surface area contributed by atoms with Crippen LogP contribution in [0, 0.1) is 6.92 Å². The molecule has 0 unspecified atom stereocenters. The Hall–Kier alpha value is -3.44. The van der Waals surface area contributed by atoms with Crippen LogP contribution in [-0.4, -0.2) is 41.5 Å². The van der Waals surface area contributed by atoms with Gasteiger partial charge in [-0.15, -0.1) is 0 Å². The topological polar surface area (TPSA) is 116 Å². The number of halogens is 3. The van der Waals surface area contributed by atoms with Gasteiger partial charge in [-0.05, 0) is 26.8 Å². The second kappa shape index (κ2) is 9.37. The number of hydrogen-bond acceptors (Lipinski definition) is 6. The van der Waals surface area contributed by atoms with Crippen molar-refractivity contribution in [3.63, 3.8) is 0 Å². The molecule has 0 bridgehead atoms. The van der Waals surface area contributed by atoms with Gasteiger partial charge in [0.05, 0.1) is 5.56 Å². The lowest BCUT2D eigenvalue weighted by Crippen LogP contribution is -2.21. The Morgan fingerprint density at radius 2 is 1.97 bits per heavy atom. The Morgan fingerprint density at radius 3 is 2.50 bits per heavy atom. The SMILES string of the molecule is Cc1nccn1CCc1noc(-c2ccc(=O)n(C(C)C)c2)n1.O=C(O)C(F)(F)F. The normalized spacial score (nSPS) is 11.3. The van der Waals surface area contributed by atoms with Crippen LogP contribution >= 0.6 is 0 Å². The van der Waals surface area contributed by atoms with Crippen molar-refractivity contribution in [2.75, 3.05) is 0 Å². The number of carboxylic acid groups (broad SMARTS) is 1. The van der Waals surface area contributed by atoms with Crippen molar-refractivity contribution in [2.24, 2.45) is 0 Å². The molecule has 1 N–H and O–H groups in total. The average molecular weight is 427 g/mol. The van der Waals surface area contributed by atoms with Crippen LogP contribution in [0.5, 0.6) is 0 Å². The molecule has 3 rings (SSSR count). The summed E-state index contributed by atoms with van der Waals surface area (Å²) in [6, 6.07) is 3.31. The summed E-state index contributed by atoms with van der Waals surface area (Å²) in [5.74, 6) is -0.739. The van der Waals surface area contributed by atoms with Crippen molar-refractivity contribution < 1.29 is 27.6 Å². The van der Waals surface area contributed by atoms with Crippen LogP contribution in [0.25, 0.3) is 11.5 Å². The van der Waals surface area contributed by atoms with Crippen molar-refractivity contribution in [1.29, 1.82) is 0 Å². The van der Waals surface area contributed by atoms with Gasteiger partial charge in [-0.1, -0.05) is 5.16 Å². The van der Waals surface area contributed by atoms with E-state index in [1.165, 1.54) is 6.07 Å². The molecule has 12 heteroatoms. The zero-order chi connectivity index (χ0) is 22.5.